The van der Waals surface area contributed by atoms with Gasteiger partial charge < -0.3 is 10.2 Å². The molecule has 1 N–H and O–H groups in total. The number of nitrogens with one attached hydrogen (secondary N) is 1. The SMILES string of the molecule is Cc1ccc(-c2ccc(CC3(C(=O)N(C)C)CCCNC3)cc2)cc1. The average Bonchev–Trinajstić information content (AvgIpc) is 2.63. The molecule has 132 valence electrons. The molecule has 1 fully saturated rings. The van der Waals surface area contributed by atoms with E-state index in [0.29, 0.717) is 0 Å². The van der Waals surface area contributed by atoms with Crippen LogP contribution in [0.25, 0.3) is 11.1 Å². The average molecular weight is 336 g/mol. The number of carbonyl (C=O) groups excluding carboxylic acids is 1. The predicted octanol–water partition coefficient (Wildman–Crippen LogP) is 3.66. The molecule has 2 aromatic carbocycles. The lowest BCUT2D eigenvalue weighted by Gasteiger charge is -2.38. The van der Waals surface area contributed by atoms with Gasteiger partial charge >= 0.3 is 0 Å². The second-order valence-electron chi connectivity index (χ2n) is 7.50. The number of benzene rings is 2. The van der Waals surface area contributed by atoms with Crippen molar-refractivity contribution in [1.82, 2.24) is 10.2 Å². The summed E-state index contributed by atoms with van der Waals surface area (Å²) < 4.78 is 0. The second-order valence-corrected chi connectivity index (χ2v) is 7.50. The first-order chi connectivity index (χ1) is 12.0. The van der Waals surface area contributed by atoms with Crippen molar-refractivity contribution in [3.05, 3.63) is 59.7 Å². The van der Waals surface area contributed by atoms with Crippen LogP contribution in [0.15, 0.2) is 48.5 Å². The van der Waals surface area contributed by atoms with Crippen LogP contribution in [-0.2, 0) is 11.2 Å². The maximum Gasteiger partial charge on any atom is 0.229 e. The summed E-state index contributed by atoms with van der Waals surface area (Å²) >= 11 is 0. The van der Waals surface area contributed by atoms with Crippen LogP contribution in [0.2, 0.25) is 0 Å². The van der Waals surface area contributed by atoms with Crippen molar-refractivity contribution < 1.29 is 4.79 Å². The number of amides is 1. The summed E-state index contributed by atoms with van der Waals surface area (Å²) in [5.41, 5.74) is 4.64. The van der Waals surface area contributed by atoms with E-state index in [2.05, 4.69) is 60.8 Å². The Labute approximate surface area is 151 Å². The molecule has 1 unspecified atom stereocenters. The van der Waals surface area contributed by atoms with E-state index in [0.717, 1.165) is 32.4 Å². The van der Waals surface area contributed by atoms with Crippen molar-refractivity contribution in [3.8, 4) is 11.1 Å². The fourth-order valence-corrected chi connectivity index (χ4v) is 3.80. The first-order valence-electron chi connectivity index (χ1n) is 9.09. The van der Waals surface area contributed by atoms with E-state index in [1.807, 2.05) is 14.1 Å². The summed E-state index contributed by atoms with van der Waals surface area (Å²) in [6, 6.07) is 17.3. The third kappa shape index (κ3) is 3.93. The van der Waals surface area contributed by atoms with Gasteiger partial charge in [0.25, 0.3) is 0 Å². The Balaban J connectivity index is 1.81. The van der Waals surface area contributed by atoms with Gasteiger partial charge in [-0.1, -0.05) is 54.1 Å². The zero-order valence-corrected chi connectivity index (χ0v) is 15.5. The van der Waals surface area contributed by atoms with Gasteiger partial charge in [0.05, 0.1) is 5.41 Å². The molecule has 1 saturated heterocycles. The van der Waals surface area contributed by atoms with E-state index in [1.54, 1.807) is 4.90 Å². The van der Waals surface area contributed by atoms with E-state index < -0.39 is 0 Å². The summed E-state index contributed by atoms with van der Waals surface area (Å²) in [4.78, 5) is 14.6. The van der Waals surface area contributed by atoms with Crippen LogP contribution in [-0.4, -0.2) is 38.0 Å². The number of piperidine rings is 1. The van der Waals surface area contributed by atoms with E-state index in [4.69, 9.17) is 0 Å². The lowest BCUT2D eigenvalue weighted by Crippen LogP contribution is -2.51. The standard InChI is InChI=1S/C22H28N2O/c1-17-5-9-19(10-6-17)20-11-7-18(8-12-20)15-22(21(25)24(2)3)13-4-14-23-16-22/h5-12,23H,4,13-16H2,1-3H3. The highest BCUT2D eigenvalue weighted by molar-refractivity contribution is 5.83. The Morgan fingerprint density at radius 2 is 1.64 bits per heavy atom. The van der Waals surface area contributed by atoms with Crippen LogP contribution in [0.4, 0.5) is 0 Å². The van der Waals surface area contributed by atoms with Crippen LogP contribution in [0, 0.1) is 12.3 Å². The van der Waals surface area contributed by atoms with Crippen molar-refractivity contribution >= 4 is 5.91 Å². The van der Waals surface area contributed by atoms with Crippen molar-refractivity contribution in [2.45, 2.75) is 26.2 Å². The zero-order valence-electron chi connectivity index (χ0n) is 15.5. The highest BCUT2D eigenvalue weighted by atomic mass is 16.2. The number of rotatable bonds is 4. The highest BCUT2D eigenvalue weighted by Gasteiger charge is 2.40. The van der Waals surface area contributed by atoms with Gasteiger partial charge in [0.1, 0.15) is 0 Å². The molecule has 1 aliphatic heterocycles. The fraction of sp³-hybridized carbons (Fsp3) is 0.409. The van der Waals surface area contributed by atoms with E-state index in [9.17, 15) is 4.79 Å². The van der Waals surface area contributed by atoms with Gasteiger partial charge in [0, 0.05) is 20.6 Å². The Morgan fingerprint density at radius 1 is 1.04 bits per heavy atom. The molecule has 0 aliphatic carbocycles. The van der Waals surface area contributed by atoms with Crippen molar-refractivity contribution in [2.75, 3.05) is 27.2 Å². The lowest BCUT2D eigenvalue weighted by molar-refractivity contribution is -0.140. The van der Waals surface area contributed by atoms with Gasteiger partial charge in [-0.15, -0.1) is 0 Å². The number of carbonyl (C=O) groups is 1. The molecular weight excluding hydrogens is 308 g/mol. The van der Waals surface area contributed by atoms with Gasteiger partial charge in [-0.25, -0.2) is 0 Å². The van der Waals surface area contributed by atoms with E-state index in [1.165, 1.54) is 22.3 Å². The fourth-order valence-electron chi connectivity index (χ4n) is 3.80. The summed E-state index contributed by atoms with van der Waals surface area (Å²) in [5.74, 6) is 0.238. The Kier molecular flexibility index (Phi) is 5.24. The van der Waals surface area contributed by atoms with Crippen molar-refractivity contribution in [3.63, 3.8) is 0 Å². The molecule has 0 aromatic heterocycles. The van der Waals surface area contributed by atoms with Gasteiger partial charge in [0.15, 0.2) is 0 Å². The van der Waals surface area contributed by atoms with Crippen molar-refractivity contribution in [1.29, 1.82) is 0 Å². The third-order valence-electron chi connectivity index (χ3n) is 5.21. The van der Waals surface area contributed by atoms with Crippen LogP contribution >= 0.6 is 0 Å². The summed E-state index contributed by atoms with van der Waals surface area (Å²) in [7, 11) is 3.72. The smallest absolute Gasteiger partial charge is 0.229 e. The largest absolute Gasteiger partial charge is 0.348 e. The van der Waals surface area contributed by atoms with Crippen LogP contribution < -0.4 is 5.32 Å². The molecule has 25 heavy (non-hydrogen) atoms. The molecule has 1 amide bonds. The number of hydrogen-bond acceptors (Lipinski definition) is 2. The number of nitrogens with zero attached hydrogens (tertiary/aromatic N) is 1. The van der Waals surface area contributed by atoms with Crippen LogP contribution in [0.1, 0.15) is 24.0 Å². The van der Waals surface area contributed by atoms with Gasteiger partial charge in [-0.05, 0) is 49.4 Å². The number of aryl methyl sites for hydroxylation is 1. The predicted molar refractivity (Wildman–Crippen MR) is 104 cm³/mol. The second kappa shape index (κ2) is 7.40. The first-order valence-corrected chi connectivity index (χ1v) is 9.09. The highest BCUT2D eigenvalue weighted by Crippen LogP contribution is 2.33. The van der Waals surface area contributed by atoms with Gasteiger partial charge in [-0.3, -0.25) is 4.79 Å². The molecule has 3 heteroatoms. The van der Waals surface area contributed by atoms with Gasteiger partial charge in [-0.2, -0.15) is 0 Å². The molecule has 1 heterocycles. The Bertz CT molecular complexity index is 711. The topological polar surface area (TPSA) is 32.3 Å². The molecule has 1 atom stereocenters. The molecule has 3 rings (SSSR count). The van der Waals surface area contributed by atoms with E-state index >= 15 is 0 Å². The van der Waals surface area contributed by atoms with Gasteiger partial charge in [0.2, 0.25) is 5.91 Å². The van der Waals surface area contributed by atoms with Crippen molar-refractivity contribution in [2.24, 2.45) is 5.41 Å². The molecule has 3 nitrogen and oxygen atoms in total. The molecule has 2 aromatic rings. The lowest BCUT2D eigenvalue weighted by atomic mass is 9.74. The summed E-state index contributed by atoms with van der Waals surface area (Å²) in [6.45, 7) is 3.88. The minimum Gasteiger partial charge on any atom is -0.348 e. The molecule has 0 bridgehead atoms. The minimum absolute atomic E-state index is 0.238. The molecule has 1 aliphatic rings. The molecular formula is C22H28N2O. The maximum absolute atomic E-state index is 12.8. The van der Waals surface area contributed by atoms with Crippen LogP contribution in [0.3, 0.4) is 0 Å². The normalized spacial score (nSPS) is 20.3. The Hall–Kier alpha value is -2.13. The third-order valence-corrected chi connectivity index (χ3v) is 5.21. The maximum atomic E-state index is 12.8. The first kappa shape index (κ1) is 17.7. The molecule has 0 saturated carbocycles. The Morgan fingerprint density at radius 3 is 2.16 bits per heavy atom. The molecule has 0 spiro atoms. The summed E-state index contributed by atoms with van der Waals surface area (Å²) in [6.07, 6.45) is 2.81. The van der Waals surface area contributed by atoms with E-state index in [-0.39, 0.29) is 11.3 Å². The minimum atomic E-state index is -0.312. The molecule has 0 radical (unpaired) electrons. The number of hydrogen-bond donors (Lipinski definition) is 1. The zero-order chi connectivity index (χ0) is 17.9. The quantitative estimate of drug-likeness (QED) is 0.924. The van der Waals surface area contributed by atoms with Crippen LogP contribution in [0.5, 0.6) is 0 Å². The summed E-state index contributed by atoms with van der Waals surface area (Å²) in [5, 5.41) is 3.43. The monoisotopic (exact) mass is 336 g/mol.